The van der Waals surface area contributed by atoms with Gasteiger partial charge < -0.3 is 25.4 Å². The van der Waals surface area contributed by atoms with Gasteiger partial charge in [-0.2, -0.15) is 0 Å². The second-order valence-corrected chi connectivity index (χ2v) is 9.03. The van der Waals surface area contributed by atoms with E-state index in [0.29, 0.717) is 37.5 Å². The maximum Gasteiger partial charge on any atom is 0.331 e. The number of carboxylic acids is 1. The van der Waals surface area contributed by atoms with Crippen LogP contribution in [0.3, 0.4) is 0 Å². The van der Waals surface area contributed by atoms with Crippen molar-refractivity contribution >= 4 is 24.3 Å². The fourth-order valence-electron chi connectivity index (χ4n) is 4.63. The molecule has 4 rings (SSSR count). The van der Waals surface area contributed by atoms with E-state index < -0.39 is 29.5 Å². The lowest BCUT2D eigenvalue weighted by atomic mass is 10.0. The van der Waals surface area contributed by atoms with E-state index in [4.69, 9.17) is 10.8 Å². The van der Waals surface area contributed by atoms with E-state index in [9.17, 15) is 32.3 Å². The molecular weight excluding hydrogens is 521 g/mol. The predicted octanol–water partition coefficient (Wildman–Crippen LogP) is 1.89. The highest BCUT2D eigenvalue weighted by Crippen LogP contribution is 2.32. The number of carbonyl (C=O) groups excluding carboxylic acids is 3. The molecule has 0 bridgehead atoms. The second-order valence-electron chi connectivity index (χ2n) is 9.03. The van der Waals surface area contributed by atoms with Crippen LogP contribution >= 0.6 is 0 Å². The molecule has 3 N–H and O–H groups in total. The monoisotopic (exact) mass is 548 g/mol. The standard InChI is InChI=1S/C22H23F3N4O2.C4H4O4/c23-16-10-18(25)17(24)8-14(16)7-15(26)9-21(30)29-6-4-13-11-28(12-20(13)29)22(31)19-3-1-2-5-27-19;5-3-8-2-1-4(6)7/h1-3,5,8,10,13,15,20H,4,6-7,9,11-12,26H2;1-3H,(H,6,7)/b;2-1+/t13-,15+,20+;/m0./s1. The van der Waals surface area contributed by atoms with Crippen LogP contribution in [-0.4, -0.2) is 75.9 Å². The third-order valence-electron chi connectivity index (χ3n) is 6.39. The van der Waals surface area contributed by atoms with Crippen LogP contribution in [0.25, 0.3) is 0 Å². The van der Waals surface area contributed by atoms with Gasteiger partial charge in [0.25, 0.3) is 12.4 Å². The van der Waals surface area contributed by atoms with Crippen molar-refractivity contribution in [2.24, 2.45) is 11.7 Å². The quantitative estimate of drug-likeness (QED) is 0.220. The summed E-state index contributed by atoms with van der Waals surface area (Å²) in [4.78, 5) is 52.0. The highest BCUT2D eigenvalue weighted by molar-refractivity contribution is 5.92. The zero-order valence-corrected chi connectivity index (χ0v) is 20.7. The molecule has 10 nitrogen and oxygen atoms in total. The van der Waals surface area contributed by atoms with E-state index in [2.05, 4.69) is 9.72 Å². The van der Waals surface area contributed by atoms with Crippen molar-refractivity contribution in [3.63, 3.8) is 0 Å². The Labute approximate surface area is 221 Å². The van der Waals surface area contributed by atoms with Gasteiger partial charge in [-0.3, -0.25) is 19.4 Å². The first-order chi connectivity index (χ1) is 18.6. The van der Waals surface area contributed by atoms with Gasteiger partial charge in [0.2, 0.25) is 5.91 Å². The number of pyridine rings is 1. The van der Waals surface area contributed by atoms with Gasteiger partial charge in [0.15, 0.2) is 11.6 Å². The Morgan fingerprint density at radius 3 is 2.56 bits per heavy atom. The summed E-state index contributed by atoms with van der Waals surface area (Å²) in [5.41, 5.74) is 6.32. The molecule has 13 heteroatoms. The number of carbonyl (C=O) groups is 4. The molecule has 2 saturated heterocycles. The topological polar surface area (TPSA) is 143 Å². The minimum absolute atomic E-state index is 0.0458. The van der Waals surface area contributed by atoms with Crippen molar-refractivity contribution in [1.29, 1.82) is 0 Å². The number of likely N-dealkylation sites (tertiary alicyclic amines) is 2. The van der Waals surface area contributed by atoms with E-state index >= 15 is 0 Å². The van der Waals surface area contributed by atoms with Crippen LogP contribution in [0.2, 0.25) is 0 Å². The summed E-state index contributed by atoms with van der Waals surface area (Å²) in [5, 5.41) is 7.86. The maximum atomic E-state index is 13.9. The molecule has 2 amide bonds. The minimum atomic E-state index is -1.26. The molecule has 2 fully saturated rings. The van der Waals surface area contributed by atoms with E-state index in [1.165, 1.54) is 0 Å². The normalized spacial score (nSPS) is 18.8. The number of hydrogen-bond acceptors (Lipinski definition) is 7. The molecule has 2 aliphatic rings. The Balaban J connectivity index is 0.000000459. The Morgan fingerprint density at radius 2 is 1.90 bits per heavy atom. The van der Waals surface area contributed by atoms with Crippen molar-refractivity contribution in [2.75, 3.05) is 19.6 Å². The molecule has 1 aromatic carbocycles. The molecule has 208 valence electrons. The van der Waals surface area contributed by atoms with Gasteiger partial charge in [0, 0.05) is 50.3 Å². The van der Waals surface area contributed by atoms with Crippen molar-refractivity contribution in [2.45, 2.75) is 31.3 Å². The van der Waals surface area contributed by atoms with Crippen molar-refractivity contribution in [3.8, 4) is 0 Å². The Morgan fingerprint density at radius 1 is 1.15 bits per heavy atom. The van der Waals surface area contributed by atoms with Crippen molar-refractivity contribution in [3.05, 3.63) is 77.6 Å². The lowest BCUT2D eigenvalue weighted by Crippen LogP contribution is -2.43. The fourth-order valence-corrected chi connectivity index (χ4v) is 4.63. The molecule has 0 saturated carbocycles. The van der Waals surface area contributed by atoms with Crippen LogP contribution in [0.15, 0.2) is 48.9 Å². The summed E-state index contributed by atoms with van der Waals surface area (Å²) in [6.45, 7) is 1.71. The molecule has 0 aliphatic carbocycles. The highest BCUT2D eigenvalue weighted by atomic mass is 19.2. The number of aliphatic carboxylic acids is 1. The average Bonchev–Trinajstić information content (AvgIpc) is 3.49. The summed E-state index contributed by atoms with van der Waals surface area (Å²) < 4.78 is 44.3. The molecule has 3 atom stereocenters. The van der Waals surface area contributed by atoms with Crippen LogP contribution in [0, 0.1) is 23.4 Å². The van der Waals surface area contributed by atoms with E-state index in [1.807, 2.05) is 0 Å². The first-order valence-corrected chi connectivity index (χ1v) is 12.0. The van der Waals surface area contributed by atoms with Crippen LogP contribution in [0.1, 0.15) is 28.9 Å². The zero-order valence-electron chi connectivity index (χ0n) is 20.7. The van der Waals surface area contributed by atoms with Crippen LogP contribution < -0.4 is 5.73 Å². The van der Waals surface area contributed by atoms with E-state index in [1.54, 1.807) is 34.2 Å². The number of amides is 2. The number of rotatable bonds is 8. The van der Waals surface area contributed by atoms with Crippen LogP contribution in [0.4, 0.5) is 13.2 Å². The predicted molar refractivity (Wildman–Crippen MR) is 130 cm³/mol. The first kappa shape index (κ1) is 29.3. The first-order valence-electron chi connectivity index (χ1n) is 12.0. The van der Waals surface area contributed by atoms with Crippen LogP contribution in [-0.2, 0) is 25.5 Å². The smallest absolute Gasteiger partial charge is 0.331 e. The maximum absolute atomic E-state index is 13.9. The van der Waals surface area contributed by atoms with Gasteiger partial charge in [0.05, 0.1) is 12.1 Å². The Hall–Kier alpha value is -4.26. The van der Waals surface area contributed by atoms with E-state index in [0.717, 1.165) is 18.7 Å². The fraction of sp³-hybridized carbons (Fsp3) is 0.346. The van der Waals surface area contributed by atoms with Gasteiger partial charge in [-0.1, -0.05) is 6.07 Å². The second kappa shape index (κ2) is 13.5. The largest absolute Gasteiger partial charge is 0.478 e. The minimum Gasteiger partial charge on any atom is -0.478 e. The summed E-state index contributed by atoms with van der Waals surface area (Å²) in [6, 6.07) is 5.59. The number of aromatic nitrogens is 1. The zero-order chi connectivity index (χ0) is 28.5. The number of nitrogens with zero attached hydrogens (tertiary/aromatic N) is 3. The molecule has 0 unspecified atom stereocenters. The summed E-state index contributed by atoms with van der Waals surface area (Å²) >= 11 is 0. The summed E-state index contributed by atoms with van der Waals surface area (Å²) in [5.74, 6) is -4.60. The molecule has 39 heavy (non-hydrogen) atoms. The molecule has 2 aliphatic heterocycles. The molecule has 1 aromatic heterocycles. The van der Waals surface area contributed by atoms with Crippen molar-refractivity contribution in [1.82, 2.24) is 14.8 Å². The number of hydrogen-bond donors (Lipinski definition) is 2. The average molecular weight is 549 g/mol. The molecule has 2 aromatic rings. The van der Waals surface area contributed by atoms with Gasteiger partial charge in [-0.05, 0) is 36.6 Å². The van der Waals surface area contributed by atoms with E-state index in [-0.39, 0.29) is 48.7 Å². The SMILES string of the molecule is N[C@@H](CC(=O)N1CC[C@H]2CN(C(=O)c3ccccn3)C[C@H]21)Cc1cc(F)c(F)cc1F.O=CO/C=C/C(=O)O. The molecule has 0 radical (unpaired) electrons. The summed E-state index contributed by atoms with van der Waals surface area (Å²) in [6.07, 6.45) is 3.73. The number of benzene rings is 1. The molecule has 0 spiro atoms. The molecular formula is C26H27F3N4O6. The number of nitrogens with two attached hydrogens (primary N) is 1. The third-order valence-corrected chi connectivity index (χ3v) is 6.39. The molecule has 3 heterocycles. The Bertz CT molecular complexity index is 1230. The lowest BCUT2D eigenvalue weighted by molar-refractivity contribution is -0.133. The van der Waals surface area contributed by atoms with Crippen LogP contribution in [0.5, 0.6) is 0 Å². The van der Waals surface area contributed by atoms with Gasteiger partial charge in [-0.25, -0.2) is 18.0 Å². The number of halogens is 3. The Kier molecular flexibility index (Phi) is 10.1. The number of fused-ring (bicyclic) bond motifs is 1. The highest BCUT2D eigenvalue weighted by Gasteiger charge is 2.44. The number of carboxylic acid groups (broad SMARTS) is 1. The van der Waals surface area contributed by atoms with Gasteiger partial charge in [0.1, 0.15) is 17.8 Å². The number of ether oxygens (including phenoxy) is 1. The summed E-state index contributed by atoms with van der Waals surface area (Å²) in [7, 11) is 0. The van der Waals surface area contributed by atoms with Gasteiger partial charge in [-0.15, -0.1) is 0 Å². The van der Waals surface area contributed by atoms with Crippen molar-refractivity contribution < 1.29 is 42.2 Å². The lowest BCUT2D eigenvalue weighted by Gasteiger charge is -2.26. The third kappa shape index (κ3) is 7.87. The van der Waals surface area contributed by atoms with Gasteiger partial charge >= 0.3 is 5.97 Å².